The van der Waals surface area contributed by atoms with Crippen LogP contribution in [0.25, 0.3) is 0 Å². The monoisotopic (exact) mass is 234 g/mol. The summed E-state index contributed by atoms with van der Waals surface area (Å²) in [7, 11) is 0. The number of likely N-dealkylation sites (N-methyl/N-ethyl adjacent to an activating group) is 1. The van der Waals surface area contributed by atoms with Gasteiger partial charge >= 0.3 is 0 Å². The Morgan fingerprint density at radius 3 is 2.71 bits per heavy atom. The van der Waals surface area contributed by atoms with Gasteiger partial charge in [-0.3, -0.25) is 9.69 Å². The van der Waals surface area contributed by atoms with E-state index in [0.717, 1.165) is 25.9 Å². The third-order valence-corrected chi connectivity index (χ3v) is 2.85. The van der Waals surface area contributed by atoms with Crippen molar-refractivity contribution in [1.82, 2.24) is 4.90 Å². The van der Waals surface area contributed by atoms with Crippen LogP contribution in [0, 0.1) is 0 Å². The van der Waals surface area contributed by atoms with E-state index < -0.39 is 0 Å². The zero-order valence-corrected chi connectivity index (χ0v) is 10.8. The second-order valence-electron chi connectivity index (χ2n) is 4.27. The van der Waals surface area contributed by atoms with Crippen molar-refractivity contribution in [2.45, 2.75) is 26.7 Å². The van der Waals surface area contributed by atoms with E-state index in [1.54, 1.807) is 12.1 Å². The van der Waals surface area contributed by atoms with Gasteiger partial charge in [0.15, 0.2) is 5.78 Å². The van der Waals surface area contributed by atoms with Crippen LogP contribution in [0.1, 0.15) is 37.0 Å². The van der Waals surface area contributed by atoms with Crippen molar-refractivity contribution in [3.05, 3.63) is 29.8 Å². The van der Waals surface area contributed by atoms with Crippen molar-refractivity contribution in [2.24, 2.45) is 0 Å². The molecule has 0 radical (unpaired) electrons. The van der Waals surface area contributed by atoms with Gasteiger partial charge in [-0.05, 0) is 31.6 Å². The number of nitrogens with zero attached hydrogens (tertiary/aromatic N) is 1. The molecule has 0 aliphatic rings. The third-order valence-electron chi connectivity index (χ3n) is 2.85. The number of anilines is 1. The van der Waals surface area contributed by atoms with Crippen LogP contribution in [0.3, 0.4) is 0 Å². The number of nitrogen functional groups attached to an aromatic ring is 1. The summed E-state index contributed by atoms with van der Waals surface area (Å²) in [6, 6.07) is 7.19. The van der Waals surface area contributed by atoms with Crippen molar-refractivity contribution in [3.63, 3.8) is 0 Å². The number of rotatable bonds is 7. The first kappa shape index (κ1) is 13.7. The summed E-state index contributed by atoms with van der Waals surface area (Å²) in [5.74, 6) is 0.148. The molecule has 0 saturated carbocycles. The van der Waals surface area contributed by atoms with Gasteiger partial charge in [-0.1, -0.05) is 32.4 Å². The van der Waals surface area contributed by atoms with Gasteiger partial charge in [0.25, 0.3) is 0 Å². The van der Waals surface area contributed by atoms with Gasteiger partial charge in [0.2, 0.25) is 0 Å². The molecule has 0 spiro atoms. The highest BCUT2D eigenvalue weighted by molar-refractivity contribution is 5.98. The summed E-state index contributed by atoms with van der Waals surface area (Å²) in [5.41, 5.74) is 7.03. The molecule has 0 aromatic heterocycles. The Bertz CT molecular complexity index is 363. The number of Topliss-reactive ketones (excluding diaryl/α,β-unsaturated/α-hetero) is 1. The summed E-state index contributed by atoms with van der Waals surface area (Å²) in [5, 5.41) is 0. The lowest BCUT2D eigenvalue weighted by molar-refractivity contribution is 0.0933. The summed E-state index contributed by atoms with van der Waals surface area (Å²) in [6.45, 7) is 6.63. The molecule has 0 aliphatic carbocycles. The highest BCUT2D eigenvalue weighted by Crippen LogP contribution is 2.08. The summed E-state index contributed by atoms with van der Waals surface area (Å²) >= 11 is 0. The zero-order valence-electron chi connectivity index (χ0n) is 10.8. The van der Waals surface area contributed by atoms with Crippen molar-refractivity contribution in [3.8, 4) is 0 Å². The number of carbonyl (C=O) groups excluding carboxylic acids is 1. The predicted octanol–water partition coefficient (Wildman–Crippen LogP) is 2.57. The van der Waals surface area contributed by atoms with Crippen LogP contribution in [-0.2, 0) is 0 Å². The van der Waals surface area contributed by atoms with E-state index in [1.807, 2.05) is 12.1 Å². The number of ketones is 1. The summed E-state index contributed by atoms with van der Waals surface area (Å²) < 4.78 is 0. The van der Waals surface area contributed by atoms with Crippen molar-refractivity contribution < 1.29 is 4.79 Å². The standard InChI is InChI=1S/C14H22N2O/c1-3-5-9-16(4-2)11-14(17)12-7-6-8-13(15)10-12/h6-8,10H,3-5,9,11,15H2,1-2H3. The number of carbonyl (C=O) groups is 1. The summed E-state index contributed by atoms with van der Waals surface area (Å²) in [6.07, 6.45) is 2.29. The number of hydrogen-bond acceptors (Lipinski definition) is 3. The molecule has 2 N–H and O–H groups in total. The van der Waals surface area contributed by atoms with Gasteiger partial charge in [0.1, 0.15) is 0 Å². The number of nitrogens with two attached hydrogens (primary N) is 1. The Labute approximate surface area is 104 Å². The quantitative estimate of drug-likeness (QED) is 0.582. The van der Waals surface area contributed by atoms with Crippen molar-refractivity contribution >= 4 is 11.5 Å². The van der Waals surface area contributed by atoms with E-state index in [4.69, 9.17) is 5.73 Å². The van der Waals surface area contributed by atoms with Crippen LogP contribution in [0.2, 0.25) is 0 Å². The maximum atomic E-state index is 12.0. The second-order valence-corrected chi connectivity index (χ2v) is 4.27. The Morgan fingerprint density at radius 1 is 1.35 bits per heavy atom. The Kier molecular flexibility index (Phi) is 5.70. The van der Waals surface area contributed by atoms with Gasteiger partial charge in [-0.25, -0.2) is 0 Å². The average Bonchev–Trinajstić information content (AvgIpc) is 2.34. The van der Waals surface area contributed by atoms with Crippen LogP contribution in [0.4, 0.5) is 5.69 Å². The molecule has 0 amide bonds. The lowest BCUT2D eigenvalue weighted by atomic mass is 10.1. The molecule has 17 heavy (non-hydrogen) atoms. The van der Waals surface area contributed by atoms with Gasteiger partial charge in [0, 0.05) is 11.3 Å². The maximum absolute atomic E-state index is 12.0. The van der Waals surface area contributed by atoms with Crippen LogP contribution < -0.4 is 5.73 Å². The Hall–Kier alpha value is -1.35. The average molecular weight is 234 g/mol. The maximum Gasteiger partial charge on any atom is 0.176 e. The zero-order chi connectivity index (χ0) is 12.7. The molecule has 1 rings (SSSR count). The first-order valence-electron chi connectivity index (χ1n) is 6.28. The van der Waals surface area contributed by atoms with Crippen LogP contribution in [0.15, 0.2) is 24.3 Å². The minimum Gasteiger partial charge on any atom is -0.399 e. The fourth-order valence-corrected chi connectivity index (χ4v) is 1.74. The van der Waals surface area contributed by atoms with E-state index in [9.17, 15) is 4.79 Å². The predicted molar refractivity (Wildman–Crippen MR) is 72.2 cm³/mol. The molecule has 0 heterocycles. The fourth-order valence-electron chi connectivity index (χ4n) is 1.74. The molecule has 0 aliphatic heterocycles. The Morgan fingerprint density at radius 2 is 2.12 bits per heavy atom. The molecule has 3 nitrogen and oxygen atoms in total. The minimum atomic E-state index is 0.148. The lowest BCUT2D eigenvalue weighted by Crippen LogP contribution is -2.30. The molecule has 0 fully saturated rings. The smallest absolute Gasteiger partial charge is 0.176 e. The van der Waals surface area contributed by atoms with Crippen LogP contribution in [-0.4, -0.2) is 30.3 Å². The molecule has 94 valence electrons. The molecule has 0 unspecified atom stereocenters. The van der Waals surface area contributed by atoms with Crippen molar-refractivity contribution in [2.75, 3.05) is 25.4 Å². The molecule has 0 atom stereocenters. The first-order valence-corrected chi connectivity index (χ1v) is 6.28. The van der Waals surface area contributed by atoms with Crippen molar-refractivity contribution in [1.29, 1.82) is 0 Å². The third kappa shape index (κ3) is 4.57. The van der Waals surface area contributed by atoms with Gasteiger partial charge in [-0.2, -0.15) is 0 Å². The number of hydrogen-bond donors (Lipinski definition) is 1. The Balaban J connectivity index is 2.58. The van der Waals surface area contributed by atoms with E-state index in [-0.39, 0.29) is 5.78 Å². The number of benzene rings is 1. The minimum absolute atomic E-state index is 0.148. The molecule has 1 aromatic rings. The first-order chi connectivity index (χ1) is 8.17. The second kappa shape index (κ2) is 7.07. The molecule has 0 bridgehead atoms. The highest BCUT2D eigenvalue weighted by atomic mass is 16.1. The van der Waals surface area contributed by atoms with Gasteiger partial charge in [0.05, 0.1) is 6.54 Å². The molecule has 0 saturated heterocycles. The molecular formula is C14H22N2O. The van der Waals surface area contributed by atoms with Gasteiger partial charge in [-0.15, -0.1) is 0 Å². The van der Waals surface area contributed by atoms with Crippen LogP contribution in [0.5, 0.6) is 0 Å². The molecular weight excluding hydrogens is 212 g/mol. The largest absolute Gasteiger partial charge is 0.399 e. The van der Waals surface area contributed by atoms with E-state index >= 15 is 0 Å². The molecule has 3 heteroatoms. The summed E-state index contributed by atoms with van der Waals surface area (Å²) in [4.78, 5) is 14.2. The number of unbranched alkanes of at least 4 members (excludes halogenated alkanes) is 1. The van der Waals surface area contributed by atoms with E-state index in [2.05, 4.69) is 18.7 Å². The topological polar surface area (TPSA) is 46.3 Å². The van der Waals surface area contributed by atoms with E-state index in [0.29, 0.717) is 17.8 Å². The van der Waals surface area contributed by atoms with Crippen LogP contribution >= 0.6 is 0 Å². The fraction of sp³-hybridized carbons (Fsp3) is 0.500. The normalized spacial score (nSPS) is 10.8. The van der Waals surface area contributed by atoms with E-state index in [1.165, 1.54) is 0 Å². The molecule has 1 aromatic carbocycles. The highest BCUT2D eigenvalue weighted by Gasteiger charge is 2.10. The van der Waals surface area contributed by atoms with Gasteiger partial charge < -0.3 is 5.73 Å². The SMILES string of the molecule is CCCCN(CC)CC(=O)c1cccc(N)c1. The lowest BCUT2D eigenvalue weighted by Gasteiger charge is -2.19.